The van der Waals surface area contributed by atoms with Gasteiger partial charge in [-0.15, -0.1) is 0 Å². The molecule has 9 heavy (non-hydrogen) atoms. The SMILES string of the molecule is O=C(C1CC1)C1COC1. The minimum Gasteiger partial charge on any atom is -0.380 e. The van der Waals surface area contributed by atoms with E-state index in [4.69, 9.17) is 4.74 Å². The molecular formula is C7H10O2. The number of carbonyl (C=O) groups is 1. The molecule has 0 aromatic heterocycles. The Morgan fingerprint density at radius 1 is 1.22 bits per heavy atom. The summed E-state index contributed by atoms with van der Waals surface area (Å²) in [5.74, 6) is 1.16. The van der Waals surface area contributed by atoms with Crippen LogP contribution < -0.4 is 0 Å². The molecule has 0 bridgehead atoms. The zero-order chi connectivity index (χ0) is 6.27. The fraction of sp³-hybridized carbons (Fsp3) is 0.857. The van der Waals surface area contributed by atoms with Crippen LogP contribution in [0.1, 0.15) is 12.8 Å². The zero-order valence-corrected chi connectivity index (χ0v) is 5.30. The van der Waals surface area contributed by atoms with Crippen LogP contribution in [0.25, 0.3) is 0 Å². The first-order valence-corrected chi connectivity index (χ1v) is 3.49. The van der Waals surface area contributed by atoms with E-state index in [0.29, 0.717) is 24.9 Å². The molecule has 0 aromatic carbocycles. The van der Waals surface area contributed by atoms with Crippen LogP contribution in [0.3, 0.4) is 0 Å². The van der Waals surface area contributed by atoms with Gasteiger partial charge in [0, 0.05) is 5.92 Å². The third-order valence-corrected chi connectivity index (χ3v) is 2.02. The number of Topliss-reactive ketones (excluding diaryl/α,β-unsaturated/α-hetero) is 1. The van der Waals surface area contributed by atoms with Gasteiger partial charge in [-0.05, 0) is 12.8 Å². The fourth-order valence-corrected chi connectivity index (χ4v) is 1.10. The number of ketones is 1. The van der Waals surface area contributed by atoms with Crippen molar-refractivity contribution in [1.29, 1.82) is 0 Å². The van der Waals surface area contributed by atoms with Crippen molar-refractivity contribution in [2.45, 2.75) is 12.8 Å². The molecule has 2 fully saturated rings. The lowest BCUT2D eigenvalue weighted by molar-refractivity contribution is -0.137. The maximum atomic E-state index is 11.1. The summed E-state index contributed by atoms with van der Waals surface area (Å²) < 4.78 is 4.91. The van der Waals surface area contributed by atoms with Gasteiger partial charge < -0.3 is 4.74 Å². The minimum atomic E-state index is 0.275. The lowest BCUT2D eigenvalue weighted by Crippen LogP contribution is -2.35. The average Bonchev–Trinajstić information content (AvgIpc) is 2.37. The highest BCUT2D eigenvalue weighted by Gasteiger charge is 2.37. The van der Waals surface area contributed by atoms with E-state index in [1.165, 1.54) is 0 Å². The summed E-state index contributed by atoms with van der Waals surface area (Å²) in [6.07, 6.45) is 2.27. The predicted molar refractivity (Wildman–Crippen MR) is 32.0 cm³/mol. The second-order valence-electron chi connectivity index (χ2n) is 2.91. The van der Waals surface area contributed by atoms with Crippen molar-refractivity contribution in [1.82, 2.24) is 0 Å². The molecule has 2 rings (SSSR count). The minimum absolute atomic E-state index is 0.275. The van der Waals surface area contributed by atoms with E-state index in [-0.39, 0.29) is 5.92 Å². The maximum Gasteiger partial charge on any atom is 0.143 e. The number of hydrogen-bond donors (Lipinski definition) is 0. The summed E-state index contributed by atoms with van der Waals surface area (Å²) in [7, 11) is 0. The van der Waals surface area contributed by atoms with Crippen LogP contribution >= 0.6 is 0 Å². The largest absolute Gasteiger partial charge is 0.380 e. The highest BCUT2D eigenvalue weighted by atomic mass is 16.5. The van der Waals surface area contributed by atoms with E-state index in [9.17, 15) is 4.79 Å². The molecule has 0 aromatic rings. The molecule has 1 aliphatic carbocycles. The van der Waals surface area contributed by atoms with Gasteiger partial charge in [0.25, 0.3) is 0 Å². The summed E-state index contributed by atoms with van der Waals surface area (Å²) in [4.78, 5) is 11.1. The molecule has 50 valence electrons. The molecule has 1 saturated heterocycles. The van der Waals surface area contributed by atoms with E-state index in [1.54, 1.807) is 0 Å². The Hall–Kier alpha value is -0.370. The Kier molecular flexibility index (Phi) is 1.09. The van der Waals surface area contributed by atoms with Gasteiger partial charge in [0.05, 0.1) is 19.1 Å². The number of carbonyl (C=O) groups excluding carboxylic acids is 1. The van der Waals surface area contributed by atoms with E-state index in [0.717, 1.165) is 12.8 Å². The number of rotatable bonds is 2. The van der Waals surface area contributed by atoms with Crippen molar-refractivity contribution in [2.75, 3.05) is 13.2 Å². The predicted octanol–water partition coefficient (Wildman–Crippen LogP) is 0.612. The second-order valence-corrected chi connectivity index (χ2v) is 2.91. The van der Waals surface area contributed by atoms with Crippen LogP contribution in [-0.4, -0.2) is 19.0 Å². The monoisotopic (exact) mass is 126 g/mol. The Bertz CT molecular complexity index is 134. The average molecular weight is 126 g/mol. The van der Waals surface area contributed by atoms with E-state index in [1.807, 2.05) is 0 Å². The smallest absolute Gasteiger partial charge is 0.143 e. The zero-order valence-electron chi connectivity index (χ0n) is 5.30. The standard InChI is InChI=1S/C7H10O2/c8-7(5-1-2-5)6-3-9-4-6/h5-6H,1-4H2. The van der Waals surface area contributed by atoms with Crippen molar-refractivity contribution in [3.05, 3.63) is 0 Å². The molecule has 2 heteroatoms. The second kappa shape index (κ2) is 1.81. The molecule has 2 nitrogen and oxygen atoms in total. The summed E-state index contributed by atoms with van der Waals surface area (Å²) >= 11 is 0. The Labute approximate surface area is 54.2 Å². The first-order valence-electron chi connectivity index (χ1n) is 3.49. The van der Waals surface area contributed by atoms with Crippen molar-refractivity contribution in [3.8, 4) is 0 Å². The normalized spacial score (nSPS) is 27.6. The van der Waals surface area contributed by atoms with Crippen molar-refractivity contribution < 1.29 is 9.53 Å². The fourth-order valence-electron chi connectivity index (χ4n) is 1.10. The third-order valence-electron chi connectivity index (χ3n) is 2.02. The molecule has 0 radical (unpaired) electrons. The van der Waals surface area contributed by atoms with Gasteiger partial charge in [-0.25, -0.2) is 0 Å². The molecule has 1 aliphatic heterocycles. The van der Waals surface area contributed by atoms with E-state index < -0.39 is 0 Å². The number of hydrogen-bond acceptors (Lipinski definition) is 2. The van der Waals surface area contributed by atoms with Gasteiger partial charge in [0.15, 0.2) is 0 Å². The first kappa shape index (κ1) is 5.42. The van der Waals surface area contributed by atoms with Crippen molar-refractivity contribution >= 4 is 5.78 Å². The van der Waals surface area contributed by atoms with Crippen molar-refractivity contribution in [3.63, 3.8) is 0 Å². The van der Waals surface area contributed by atoms with Crippen LogP contribution in [0.15, 0.2) is 0 Å². The Morgan fingerprint density at radius 3 is 2.22 bits per heavy atom. The lowest BCUT2D eigenvalue weighted by Gasteiger charge is -2.24. The van der Waals surface area contributed by atoms with Gasteiger partial charge in [0.2, 0.25) is 0 Å². The third kappa shape index (κ3) is 0.874. The number of ether oxygens (including phenoxy) is 1. The first-order chi connectivity index (χ1) is 4.38. The molecule has 2 aliphatic rings. The molecule has 0 unspecified atom stereocenters. The summed E-state index contributed by atoms with van der Waals surface area (Å²) in [5, 5.41) is 0. The molecular weight excluding hydrogens is 116 g/mol. The van der Waals surface area contributed by atoms with Crippen LogP contribution in [0.2, 0.25) is 0 Å². The Morgan fingerprint density at radius 2 is 1.89 bits per heavy atom. The lowest BCUT2D eigenvalue weighted by atomic mass is 9.99. The quantitative estimate of drug-likeness (QED) is 0.542. The molecule has 0 amide bonds. The van der Waals surface area contributed by atoms with Gasteiger partial charge in [-0.1, -0.05) is 0 Å². The van der Waals surface area contributed by atoms with Crippen LogP contribution in [0, 0.1) is 11.8 Å². The van der Waals surface area contributed by atoms with Gasteiger partial charge in [0.1, 0.15) is 5.78 Å². The molecule has 1 saturated carbocycles. The molecule has 0 N–H and O–H groups in total. The summed E-state index contributed by atoms with van der Waals surface area (Å²) in [6.45, 7) is 1.38. The highest BCUT2D eigenvalue weighted by molar-refractivity contribution is 5.86. The summed E-state index contributed by atoms with van der Waals surface area (Å²) in [5.41, 5.74) is 0. The topological polar surface area (TPSA) is 26.3 Å². The van der Waals surface area contributed by atoms with Gasteiger partial charge in [-0.3, -0.25) is 4.79 Å². The molecule has 0 atom stereocenters. The van der Waals surface area contributed by atoms with Crippen LogP contribution in [-0.2, 0) is 9.53 Å². The van der Waals surface area contributed by atoms with E-state index >= 15 is 0 Å². The van der Waals surface area contributed by atoms with Crippen LogP contribution in [0.4, 0.5) is 0 Å². The molecule has 0 spiro atoms. The van der Waals surface area contributed by atoms with Gasteiger partial charge >= 0.3 is 0 Å². The summed E-state index contributed by atoms with van der Waals surface area (Å²) in [6, 6.07) is 0. The van der Waals surface area contributed by atoms with E-state index in [2.05, 4.69) is 0 Å². The maximum absolute atomic E-state index is 11.1. The molecule has 1 heterocycles. The van der Waals surface area contributed by atoms with Crippen molar-refractivity contribution in [2.24, 2.45) is 11.8 Å². The van der Waals surface area contributed by atoms with Gasteiger partial charge in [-0.2, -0.15) is 0 Å². The Balaban J connectivity index is 1.88. The van der Waals surface area contributed by atoms with Crippen LogP contribution in [0.5, 0.6) is 0 Å². The highest BCUT2D eigenvalue weighted by Crippen LogP contribution is 2.34.